The van der Waals surface area contributed by atoms with Crippen LogP contribution < -0.4 is 5.32 Å². The quantitative estimate of drug-likeness (QED) is 0.895. The van der Waals surface area contributed by atoms with Gasteiger partial charge in [0.05, 0.1) is 4.47 Å². The Morgan fingerprint density at radius 2 is 1.80 bits per heavy atom. The normalized spacial score (nSPS) is 14.1. The molecule has 1 N–H and O–H groups in total. The molecule has 20 heavy (non-hydrogen) atoms. The first kappa shape index (κ1) is 13.3. The number of rotatable bonds is 2. The van der Waals surface area contributed by atoms with Crippen LogP contribution in [0.1, 0.15) is 21.5 Å². The summed E-state index contributed by atoms with van der Waals surface area (Å²) in [5, 5.41) is 2.97. The van der Waals surface area contributed by atoms with Crippen LogP contribution in [0.25, 0.3) is 0 Å². The molecule has 0 atom stereocenters. The number of nitrogens with one attached hydrogen (secondary N) is 1. The Hall–Kier alpha value is -1.68. The molecule has 0 heterocycles. The number of fused-ring (bicyclic) bond motifs is 1. The van der Waals surface area contributed by atoms with Crippen molar-refractivity contribution in [2.45, 2.75) is 18.9 Å². The Kier molecular flexibility index (Phi) is 3.57. The summed E-state index contributed by atoms with van der Waals surface area (Å²) < 4.78 is 13.8. The second kappa shape index (κ2) is 5.37. The van der Waals surface area contributed by atoms with E-state index in [9.17, 15) is 9.18 Å². The Labute approximate surface area is 125 Å². The number of hydrogen-bond acceptors (Lipinski definition) is 1. The van der Waals surface area contributed by atoms with E-state index in [0.29, 0.717) is 10.0 Å². The average molecular weight is 334 g/mol. The van der Waals surface area contributed by atoms with Crippen molar-refractivity contribution in [3.63, 3.8) is 0 Å². The topological polar surface area (TPSA) is 29.1 Å². The van der Waals surface area contributed by atoms with Gasteiger partial charge in [0.25, 0.3) is 5.91 Å². The van der Waals surface area contributed by atoms with Gasteiger partial charge in [-0.05, 0) is 58.1 Å². The van der Waals surface area contributed by atoms with Crippen molar-refractivity contribution in [3.8, 4) is 0 Å². The third-order valence-corrected chi connectivity index (χ3v) is 4.21. The van der Waals surface area contributed by atoms with Crippen LogP contribution in [0.5, 0.6) is 0 Å². The molecular formula is C16H13BrFNO. The summed E-state index contributed by atoms with van der Waals surface area (Å²) in [6.07, 6.45) is 1.67. The van der Waals surface area contributed by atoms with Crippen molar-refractivity contribution in [1.29, 1.82) is 0 Å². The SMILES string of the molecule is O=C(NC1Cc2ccccc2C1)c1ccc(Br)c(F)c1. The van der Waals surface area contributed by atoms with Gasteiger partial charge in [-0.15, -0.1) is 0 Å². The van der Waals surface area contributed by atoms with Gasteiger partial charge in [-0.25, -0.2) is 4.39 Å². The third kappa shape index (κ3) is 2.61. The van der Waals surface area contributed by atoms with Crippen molar-refractivity contribution >= 4 is 21.8 Å². The van der Waals surface area contributed by atoms with Gasteiger partial charge < -0.3 is 5.32 Å². The molecule has 0 aliphatic heterocycles. The van der Waals surface area contributed by atoms with E-state index in [1.807, 2.05) is 12.1 Å². The Balaban J connectivity index is 1.70. The molecule has 4 heteroatoms. The van der Waals surface area contributed by atoms with E-state index in [1.54, 1.807) is 12.1 Å². The summed E-state index contributed by atoms with van der Waals surface area (Å²) in [5.41, 5.74) is 2.90. The molecule has 0 fully saturated rings. The second-order valence-electron chi connectivity index (χ2n) is 4.98. The van der Waals surface area contributed by atoms with Crippen LogP contribution in [0.2, 0.25) is 0 Å². The Bertz CT molecular complexity index is 646. The van der Waals surface area contributed by atoms with E-state index in [-0.39, 0.29) is 11.9 Å². The molecule has 1 amide bonds. The lowest BCUT2D eigenvalue weighted by atomic mass is 10.1. The highest BCUT2D eigenvalue weighted by Gasteiger charge is 2.22. The van der Waals surface area contributed by atoms with E-state index in [2.05, 4.69) is 33.4 Å². The van der Waals surface area contributed by atoms with Crippen LogP contribution in [0, 0.1) is 5.82 Å². The fraction of sp³-hybridized carbons (Fsp3) is 0.188. The van der Waals surface area contributed by atoms with Crippen molar-refractivity contribution in [3.05, 3.63) is 69.4 Å². The molecule has 2 aromatic rings. The minimum Gasteiger partial charge on any atom is -0.349 e. The lowest BCUT2D eigenvalue weighted by Gasteiger charge is -2.12. The minimum atomic E-state index is -0.424. The van der Waals surface area contributed by atoms with Crippen molar-refractivity contribution in [2.24, 2.45) is 0 Å². The smallest absolute Gasteiger partial charge is 0.251 e. The monoisotopic (exact) mass is 333 g/mol. The summed E-state index contributed by atoms with van der Waals surface area (Å²) in [4.78, 5) is 12.1. The van der Waals surface area contributed by atoms with E-state index < -0.39 is 5.82 Å². The zero-order valence-electron chi connectivity index (χ0n) is 10.7. The molecule has 2 nitrogen and oxygen atoms in total. The molecular weight excluding hydrogens is 321 g/mol. The summed E-state index contributed by atoms with van der Waals surface area (Å²) in [7, 11) is 0. The summed E-state index contributed by atoms with van der Waals surface area (Å²) in [6, 6.07) is 12.7. The highest BCUT2D eigenvalue weighted by molar-refractivity contribution is 9.10. The number of carbonyl (C=O) groups is 1. The van der Waals surface area contributed by atoms with Gasteiger partial charge in [-0.2, -0.15) is 0 Å². The number of carbonyl (C=O) groups excluding carboxylic acids is 1. The fourth-order valence-corrected chi connectivity index (χ4v) is 2.81. The summed E-state index contributed by atoms with van der Waals surface area (Å²) in [6.45, 7) is 0. The van der Waals surface area contributed by atoms with Gasteiger partial charge in [-0.1, -0.05) is 24.3 Å². The number of hydrogen-bond donors (Lipinski definition) is 1. The first-order valence-corrected chi connectivity index (χ1v) is 7.25. The third-order valence-electron chi connectivity index (χ3n) is 3.57. The van der Waals surface area contributed by atoms with E-state index >= 15 is 0 Å². The van der Waals surface area contributed by atoms with E-state index in [1.165, 1.54) is 17.2 Å². The summed E-state index contributed by atoms with van der Waals surface area (Å²) >= 11 is 3.08. The Morgan fingerprint density at radius 3 is 2.40 bits per heavy atom. The second-order valence-corrected chi connectivity index (χ2v) is 5.83. The molecule has 0 saturated heterocycles. The maximum Gasteiger partial charge on any atom is 0.251 e. The first-order valence-electron chi connectivity index (χ1n) is 6.46. The molecule has 0 bridgehead atoms. The van der Waals surface area contributed by atoms with Crippen LogP contribution >= 0.6 is 15.9 Å². The van der Waals surface area contributed by atoms with Gasteiger partial charge in [0.15, 0.2) is 0 Å². The molecule has 0 saturated carbocycles. The highest BCUT2D eigenvalue weighted by Crippen LogP contribution is 2.22. The van der Waals surface area contributed by atoms with Gasteiger partial charge in [0.2, 0.25) is 0 Å². The number of benzene rings is 2. The molecule has 102 valence electrons. The molecule has 0 spiro atoms. The summed E-state index contributed by atoms with van der Waals surface area (Å²) in [5.74, 6) is -0.651. The highest BCUT2D eigenvalue weighted by atomic mass is 79.9. The van der Waals surface area contributed by atoms with Crippen LogP contribution in [0.4, 0.5) is 4.39 Å². The van der Waals surface area contributed by atoms with E-state index in [4.69, 9.17) is 0 Å². The van der Waals surface area contributed by atoms with Crippen LogP contribution in [0.3, 0.4) is 0 Å². The lowest BCUT2D eigenvalue weighted by molar-refractivity contribution is 0.0938. The molecule has 1 aliphatic rings. The molecule has 0 unspecified atom stereocenters. The first-order chi connectivity index (χ1) is 9.63. The van der Waals surface area contributed by atoms with Crippen LogP contribution in [-0.4, -0.2) is 11.9 Å². The largest absolute Gasteiger partial charge is 0.349 e. The minimum absolute atomic E-state index is 0.0895. The van der Waals surface area contributed by atoms with Crippen molar-refractivity contribution in [1.82, 2.24) is 5.32 Å². The van der Waals surface area contributed by atoms with Crippen molar-refractivity contribution < 1.29 is 9.18 Å². The van der Waals surface area contributed by atoms with Crippen molar-refractivity contribution in [2.75, 3.05) is 0 Å². The fourth-order valence-electron chi connectivity index (χ4n) is 2.57. The molecule has 0 radical (unpaired) electrons. The standard InChI is InChI=1S/C16H13BrFNO/c17-14-6-5-12(9-15(14)18)16(20)19-13-7-10-3-1-2-4-11(10)8-13/h1-6,9,13H,7-8H2,(H,19,20). The molecule has 3 rings (SSSR count). The number of halogens is 2. The molecule has 0 aromatic heterocycles. The predicted octanol–water partition coefficient (Wildman–Crippen LogP) is 3.49. The maximum absolute atomic E-state index is 13.4. The molecule has 1 aliphatic carbocycles. The van der Waals surface area contributed by atoms with E-state index in [0.717, 1.165) is 12.8 Å². The van der Waals surface area contributed by atoms with Gasteiger partial charge in [0.1, 0.15) is 5.82 Å². The zero-order chi connectivity index (χ0) is 14.1. The number of amides is 1. The van der Waals surface area contributed by atoms with Crippen LogP contribution in [-0.2, 0) is 12.8 Å². The zero-order valence-corrected chi connectivity index (χ0v) is 12.3. The maximum atomic E-state index is 13.4. The van der Waals surface area contributed by atoms with Crippen LogP contribution in [0.15, 0.2) is 46.9 Å². The Morgan fingerprint density at radius 1 is 1.15 bits per heavy atom. The van der Waals surface area contributed by atoms with Gasteiger partial charge in [0, 0.05) is 11.6 Å². The lowest BCUT2D eigenvalue weighted by Crippen LogP contribution is -2.35. The predicted molar refractivity (Wildman–Crippen MR) is 79.2 cm³/mol. The van der Waals surface area contributed by atoms with Gasteiger partial charge in [-0.3, -0.25) is 4.79 Å². The molecule has 2 aromatic carbocycles. The average Bonchev–Trinajstić information content (AvgIpc) is 2.83. The van der Waals surface area contributed by atoms with Gasteiger partial charge >= 0.3 is 0 Å².